The first-order valence-electron chi connectivity index (χ1n) is 6.80. The molecule has 0 bridgehead atoms. The van der Waals surface area contributed by atoms with Gasteiger partial charge < -0.3 is 14.7 Å². The van der Waals surface area contributed by atoms with Crippen LogP contribution in [0.15, 0.2) is 18.2 Å². The quantitative estimate of drug-likeness (QED) is 0.907. The first-order chi connectivity index (χ1) is 9.47. The molecule has 0 spiro atoms. The number of β-amino-alcohol motifs (C(OH)–C–C–N with tert-alkyl or cyclic N) is 1. The van der Waals surface area contributed by atoms with Crippen LogP contribution in [0.5, 0.6) is 5.75 Å². The molecule has 1 saturated heterocycles. The maximum atomic E-state index is 12.2. The molecule has 2 rings (SSSR count). The van der Waals surface area contributed by atoms with Crippen LogP contribution in [-0.4, -0.2) is 41.7 Å². The van der Waals surface area contributed by atoms with Gasteiger partial charge in [0.2, 0.25) is 5.91 Å². The molecular weight excluding hydrogens is 278 g/mol. The zero-order chi connectivity index (χ0) is 14.8. The molecule has 0 unspecified atom stereocenters. The average Bonchev–Trinajstić information content (AvgIpc) is 2.36. The maximum Gasteiger partial charge on any atom is 0.227 e. The second kappa shape index (κ2) is 6.02. The highest BCUT2D eigenvalue weighted by molar-refractivity contribution is 6.30. The molecule has 1 heterocycles. The molecule has 0 atom stereocenters. The topological polar surface area (TPSA) is 49.8 Å². The molecule has 1 amide bonds. The van der Waals surface area contributed by atoms with E-state index in [9.17, 15) is 9.90 Å². The van der Waals surface area contributed by atoms with Gasteiger partial charge in [-0.3, -0.25) is 4.79 Å². The van der Waals surface area contributed by atoms with E-state index in [1.165, 1.54) is 0 Å². The molecule has 5 heteroatoms. The van der Waals surface area contributed by atoms with E-state index < -0.39 is 5.60 Å². The fourth-order valence-corrected chi connectivity index (χ4v) is 2.82. The monoisotopic (exact) mass is 297 g/mol. The first-order valence-corrected chi connectivity index (χ1v) is 7.18. The van der Waals surface area contributed by atoms with Gasteiger partial charge in [-0.1, -0.05) is 24.9 Å². The molecule has 1 N–H and O–H groups in total. The van der Waals surface area contributed by atoms with Crippen molar-refractivity contribution in [1.82, 2.24) is 4.90 Å². The maximum absolute atomic E-state index is 12.2. The zero-order valence-corrected chi connectivity index (χ0v) is 12.6. The molecular formula is C15H20ClNO3. The lowest BCUT2D eigenvalue weighted by atomic mass is 9.89. The van der Waals surface area contributed by atoms with E-state index in [1.807, 2.05) is 6.92 Å². The summed E-state index contributed by atoms with van der Waals surface area (Å²) in [5, 5.41) is 10.7. The van der Waals surface area contributed by atoms with Crippen LogP contribution in [0.2, 0.25) is 5.02 Å². The number of amides is 1. The minimum atomic E-state index is -0.692. The summed E-state index contributed by atoms with van der Waals surface area (Å²) in [6, 6.07) is 5.24. The van der Waals surface area contributed by atoms with E-state index in [4.69, 9.17) is 16.3 Å². The van der Waals surface area contributed by atoms with E-state index in [2.05, 4.69) is 0 Å². The summed E-state index contributed by atoms with van der Waals surface area (Å²) >= 11 is 5.95. The zero-order valence-electron chi connectivity index (χ0n) is 11.9. The molecule has 1 aliphatic rings. The van der Waals surface area contributed by atoms with Gasteiger partial charge >= 0.3 is 0 Å². The fourth-order valence-electron chi connectivity index (χ4n) is 2.62. The van der Waals surface area contributed by atoms with Crippen LogP contribution in [0.4, 0.5) is 0 Å². The summed E-state index contributed by atoms with van der Waals surface area (Å²) in [6.07, 6.45) is 1.89. The Balaban J connectivity index is 1.98. The van der Waals surface area contributed by atoms with Gasteiger partial charge in [-0.2, -0.15) is 0 Å². The number of ether oxygens (including phenoxy) is 1. The number of rotatable bonds is 5. The van der Waals surface area contributed by atoms with Crippen molar-refractivity contribution in [3.8, 4) is 5.75 Å². The highest BCUT2D eigenvalue weighted by Crippen LogP contribution is 2.28. The number of halogens is 1. The van der Waals surface area contributed by atoms with Crippen LogP contribution < -0.4 is 4.74 Å². The predicted octanol–water partition coefficient (Wildman–Crippen LogP) is 2.26. The highest BCUT2D eigenvalue weighted by atomic mass is 35.5. The Morgan fingerprint density at radius 1 is 1.50 bits per heavy atom. The number of likely N-dealkylation sites (tertiary alicyclic amines) is 1. The number of methoxy groups -OCH3 is 1. The average molecular weight is 298 g/mol. The van der Waals surface area contributed by atoms with Gasteiger partial charge in [0.15, 0.2) is 0 Å². The van der Waals surface area contributed by atoms with Crippen molar-refractivity contribution in [3.63, 3.8) is 0 Å². The third kappa shape index (κ3) is 3.25. The lowest BCUT2D eigenvalue weighted by Crippen LogP contribution is -2.63. The van der Waals surface area contributed by atoms with Gasteiger partial charge in [0.1, 0.15) is 5.75 Å². The van der Waals surface area contributed by atoms with Crippen molar-refractivity contribution in [2.24, 2.45) is 0 Å². The Bertz CT molecular complexity index is 498. The van der Waals surface area contributed by atoms with Crippen molar-refractivity contribution < 1.29 is 14.6 Å². The fraction of sp³-hybridized carbons (Fsp3) is 0.533. The smallest absolute Gasteiger partial charge is 0.227 e. The lowest BCUT2D eigenvalue weighted by Gasteiger charge is -2.46. The number of hydrogen-bond donors (Lipinski definition) is 1. The number of hydrogen-bond acceptors (Lipinski definition) is 3. The molecule has 0 radical (unpaired) electrons. The highest BCUT2D eigenvalue weighted by Gasteiger charge is 2.42. The molecule has 1 aromatic rings. The van der Waals surface area contributed by atoms with Crippen molar-refractivity contribution in [2.75, 3.05) is 20.2 Å². The minimum Gasteiger partial charge on any atom is -0.496 e. The first kappa shape index (κ1) is 15.1. The second-order valence-electron chi connectivity index (χ2n) is 5.36. The summed E-state index contributed by atoms with van der Waals surface area (Å²) in [5.74, 6) is 0.651. The van der Waals surface area contributed by atoms with Gasteiger partial charge in [-0.25, -0.2) is 0 Å². The molecule has 4 nitrogen and oxygen atoms in total. The van der Waals surface area contributed by atoms with Gasteiger partial charge in [0.25, 0.3) is 0 Å². The van der Waals surface area contributed by atoms with Gasteiger partial charge in [-0.05, 0) is 24.6 Å². The van der Waals surface area contributed by atoms with Gasteiger partial charge in [0, 0.05) is 10.6 Å². The normalized spacial score (nSPS) is 16.7. The third-order valence-electron chi connectivity index (χ3n) is 3.62. The van der Waals surface area contributed by atoms with Crippen LogP contribution in [0.25, 0.3) is 0 Å². The summed E-state index contributed by atoms with van der Waals surface area (Å²) in [5.41, 5.74) is 0.0824. The number of aliphatic hydroxyl groups is 1. The standard InChI is InChI=1S/C15H20ClNO3/c1-3-6-15(19)9-17(10-15)14(18)8-11-7-12(16)4-5-13(11)20-2/h4-5,7,19H,3,6,8-10H2,1-2H3. The summed E-state index contributed by atoms with van der Waals surface area (Å²) < 4.78 is 5.23. The summed E-state index contributed by atoms with van der Waals surface area (Å²) in [6.45, 7) is 2.87. The lowest BCUT2D eigenvalue weighted by molar-refractivity contribution is -0.155. The number of nitrogens with zero attached hydrogens (tertiary/aromatic N) is 1. The van der Waals surface area contributed by atoms with Crippen molar-refractivity contribution >= 4 is 17.5 Å². The van der Waals surface area contributed by atoms with Crippen molar-refractivity contribution in [1.29, 1.82) is 0 Å². The van der Waals surface area contributed by atoms with Crippen molar-refractivity contribution in [3.05, 3.63) is 28.8 Å². The molecule has 1 fully saturated rings. The Morgan fingerprint density at radius 2 is 2.20 bits per heavy atom. The number of carbonyl (C=O) groups excluding carboxylic acids is 1. The SMILES string of the molecule is CCCC1(O)CN(C(=O)Cc2cc(Cl)ccc2OC)C1. The second-order valence-corrected chi connectivity index (χ2v) is 5.79. The number of carbonyl (C=O) groups is 1. The predicted molar refractivity (Wildman–Crippen MR) is 78.1 cm³/mol. The minimum absolute atomic E-state index is 0.00801. The van der Waals surface area contributed by atoms with E-state index in [-0.39, 0.29) is 12.3 Å². The van der Waals surface area contributed by atoms with Gasteiger partial charge in [-0.15, -0.1) is 0 Å². The summed E-state index contributed by atoms with van der Waals surface area (Å²) in [4.78, 5) is 13.9. The Morgan fingerprint density at radius 3 is 2.80 bits per heavy atom. The molecule has 1 aromatic carbocycles. The van der Waals surface area contributed by atoms with Crippen LogP contribution in [-0.2, 0) is 11.2 Å². The summed E-state index contributed by atoms with van der Waals surface area (Å²) in [7, 11) is 1.57. The van der Waals surface area contributed by atoms with Crippen molar-refractivity contribution in [2.45, 2.75) is 31.8 Å². The molecule has 110 valence electrons. The van der Waals surface area contributed by atoms with Crippen LogP contribution >= 0.6 is 11.6 Å². The molecule has 0 saturated carbocycles. The molecule has 0 aromatic heterocycles. The largest absolute Gasteiger partial charge is 0.496 e. The van der Waals surface area contributed by atoms with E-state index >= 15 is 0 Å². The Hall–Kier alpha value is -1.26. The van der Waals surface area contributed by atoms with E-state index in [0.717, 1.165) is 18.4 Å². The third-order valence-corrected chi connectivity index (χ3v) is 3.86. The van der Waals surface area contributed by atoms with Crippen LogP contribution in [0.1, 0.15) is 25.3 Å². The van der Waals surface area contributed by atoms with E-state index in [0.29, 0.717) is 23.9 Å². The van der Waals surface area contributed by atoms with Crippen LogP contribution in [0.3, 0.4) is 0 Å². The Kier molecular flexibility index (Phi) is 4.55. The molecule has 0 aliphatic carbocycles. The van der Waals surface area contributed by atoms with Crippen LogP contribution in [0, 0.1) is 0 Å². The number of benzene rings is 1. The molecule has 20 heavy (non-hydrogen) atoms. The molecule has 1 aliphatic heterocycles. The van der Waals surface area contributed by atoms with Gasteiger partial charge in [0.05, 0.1) is 32.2 Å². The Labute approximate surface area is 124 Å². The van der Waals surface area contributed by atoms with E-state index in [1.54, 1.807) is 30.2 Å².